The third kappa shape index (κ3) is 4.12. The van der Waals surface area contributed by atoms with Crippen molar-refractivity contribution in [2.45, 2.75) is 38.8 Å². The lowest BCUT2D eigenvalue weighted by molar-refractivity contribution is -0.136. The second-order valence-corrected chi connectivity index (χ2v) is 7.89. The highest BCUT2D eigenvalue weighted by molar-refractivity contribution is 5.78. The van der Waals surface area contributed by atoms with Crippen molar-refractivity contribution in [2.75, 3.05) is 45.8 Å². The monoisotopic (exact) mass is 387 g/mol. The first-order valence-electron chi connectivity index (χ1n) is 10.3. The molecular formula is C20H29N5O3. The number of piperazine rings is 1. The van der Waals surface area contributed by atoms with Crippen molar-refractivity contribution in [3.05, 3.63) is 28.9 Å². The standard InChI is InChI=1S/C20H29N5O3/c1-16-5-2-3-8-24(16)18(26)15-23-11-9-22(10-12-23)13-14-25-19-17(28-20(25)27)6-4-7-21-19/h4,6-7,16H,2-3,5,8-15H2,1H3/t16-/m0/s1. The maximum atomic E-state index is 12.6. The van der Waals surface area contributed by atoms with Crippen molar-refractivity contribution in [1.29, 1.82) is 0 Å². The van der Waals surface area contributed by atoms with Gasteiger partial charge in [0.15, 0.2) is 11.2 Å². The van der Waals surface area contributed by atoms with Gasteiger partial charge in [-0.1, -0.05) is 0 Å². The Morgan fingerprint density at radius 1 is 1.14 bits per heavy atom. The smallest absolute Gasteiger partial charge is 0.406 e. The Bertz CT molecular complexity index is 868. The predicted octanol–water partition coefficient (Wildman–Crippen LogP) is 1.01. The van der Waals surface area contributed by atoms with Crippen LogP contribution in [0, 0.1) is 0 Å². The molecule has 152 valence electrons. The quantitative estimate of drug-likeness (QED) is 0.762. The molecule has 2 aromatic heterocycles. The van der Waals surface area contributed by atoms with Gasteiger partial charge in [-0.3, -0.25) is 19.2 Å². The van der Waals surface area contributed by atoms with E-state index in [-0.39, 0.29) is 11.7 Å². The number of piperidine rings is 1. The Balaban J connectivity index is 1.26. The number of carbonyl (C=O) groups is 1. The van der Waals surface area contributed by atoms with Crippen LogP contribution in [0.4, 0.5) is 0 Å². The maximum absolute atomic E-state index is 12.6. The van der Waals surface area contributed by atoms with Gasteiger partial charge in [-0.05, 0) is 38.3 Å². The van der Waals surface area contributed by atoms with Crippen LogP contribution < -0.4 is 5.76 Å². The number of hydrogen-bond donors (Lipinski definition) is 0. The molecule has 4 heterocycles. The van der Waals surface area contributed by atoms with Crippen molar-refractivity contribution >= 4 is 17.1 Å². The van der Waals surface area contributed by atoms with Gasteiger partial charge in [0, 0.05) is 58.1 Å². The topological polar surface area (TPSA) is 74.8 Å². The molecule has 0 unspecified atom stereocenters. The van der Waals surface area contributed by atoms with Crippen LogP contribution in [0.5, 0.6) is 0 Å². The van der Waals surface area contributed by atoms with E-state index in [1.165, 1.54) is 6.42 Å². The molecule has 0 aromatic carbocycles. The van der Waals surface area contributed by atoms with Crippen molar-refractivity contribution in [3.8, 4) is 0 Å². The van der Waals surface area contributed by atoms with Crippen LogP contribution in [0.2, 0.25) is 0 Å². The predicted molar refractivity (Wildman–Crippen MR) is 106 cm³/mol. The summed E-state index contributed by atoms with van der Waals surface area (Å²) in [4.78, 5) is 35.6. The Labute approximate surface area is 164 Å². The Morgan fingerprint density at radius 3 is 2.71 bits per heavy atom. The minimum atomic E-state index is -0.353. The number of amides is 1. The molecule has 0 saturated carbocycles. The summed E-state index contributed by atoms with van der Waals surface area (Å²) >= 11 is 0. The van der Waals surface area contributed by atoms with Crippen LogP contribution in [0.1, 0.15) is 26.2 Å². The van der Waals surface area contributed by atoms with E-state index in [9.17, 15) is 9.59 Å². The first-order valence-corrected chi connectivity index (χ1v) is 10.3. The molecule has 2 saturated heterocycles. The van der Waals surface area contributed by atoms with Crippen LogP contribution in [-0.4, -0.2) is 82.0 Å². The van der Waals surface area contributed by atoms with Crippen molar-refractivity contribution in [2.24, 2.45) is 0 Å². The van der Waals surface area contributed by atoms with E-state index in [0.717, 1.165) is 52.1 Å². The highest BCUT2D eigenvalue weighted by Gasteiger charge is 2.26. The molecule has 1 amide bonds. The third-order valence-electron chi connectivity index (χ3n) is 6.01. The summed E-state index contributed by atoms with van der Waals surface area (Å²) in [5.41, 5.74) is 1.13. The van der Waals surface area contributed by atoms with E-state index >= 15 is 0 Å². The molecule has 2 fully saturated rings. The van der Waals surface area contributed by atoms with Crippen molar-refractivity contribution in [1.82, 2.24) is 24.3 Å². The average molecular weight is 387 g/mol. The number of aromatic nitrogens is 2. The van der Waals surface area contributed by atoms with Crippen LogP contribution >= 0.6 is 0 Å². The van der Waals surface area contributed by atoms with Crippen LogP contribution in [-0.2, 0) is 11.3 Å². The van der Waals surface area contributed by atoms with Gasteiger partial charge < -0.3 is 9.32 Å². The van der Waals surface area contributed by atoms with Gasteiger partial charge in [-0.15, -0.1) is 0 Å². The lowest BCUT2D eigenvalue weighted by Gasteiger charge is -2.38. The van der Waals surface area contributed by atoms with Gasteiger partial charge >= 0.3 is 5.76 Å². The zero-order valence-corrected chi connectivity index (χ0v) is 16.5. The third-order valence-corrected chi connectivity index (χ3v) is 6.01. The van der Waals surface area contributed by atoms with E-state index in [2.05, 4.69) is 26.6 Å². The summed E-state index contributed by atoms with van der Waals surface area (Å²) in [7, 11) is 0. The fourth-order valence-corrected chi connectivity index (χ4v) is 4.26. The molecule has 2 aliphatic rings. The molecule has 8 heteroatoms. The Morgan fingerprint density at radius 2 is 1.93 bits per heavy atom. The largest absolute Gasteiger partial charge is 0.421 e. The van der Waals surface area contributed by atoms with Crippen LogP contribution in [0.3, 0.4) is 0 Å². The molecule has 8 nitrogen and oxygen atoms in total. The van der Waals surface area contributed by atoms with Crippen LogP contribution in [0.15, 0.2) is 27.5 Å². The van der Waals surface area contributed by atoms with Crippen LogP contribution in [0.25, 0.3) is 11.2 Å². The molecule has 0 N–H and O–H groups in total. The molecule has 0 spiro atoms. The van der Waals surface area contributed by atoms with Gasteiger partial charge in [0.25, 0.3) is 0 Å². The molecule has 0 radical (unpaired) electrons. The van der Waals surface area contributed by atoms with Gasteiger partial charge in [-0.2, -0.15) is 0 Å². The molecule has 4 rings (SSSR count). The summed E-state index contributed by atoms with van der Waals surface area (Å²) in [6.45, 7) is 8.49. The van der Waals surface area contributed by atoms with E-state index in [0.29, 0.717) is 30.4 Å². The Kier molecular flexibility index (Phi) is 5.77. The number of fused-ring (bicyclic) bond motifs is 1. The number of pyridine rings is 1. The van der Waals surface area contributed by atoms with Crippen molar-refractivity contribution < 1.29 is 9.21 Å². The fraction of sp³-hybridized carbons (Fsp3) is 0.650. The summed E-state index contributed by atoms with van der Waals surface area (Å²) in [6, 6.07) is 3.90. The van der Waals surface area contributed by atoms with E-state index < -0.39 is 0 Å². The highest BCUT2D eigenvalue weighted by Crippen LogP contribution is 2.17. The minimum absolute atomic E-state index is 0.267. The molecule has 2 aromatic rings. The normalized spacial score (nSPS) is 22.0. The summed E-state index contributed by atoms with van der Waals surface area (Å²) in [5.74, 6) is -0.0864. The number of likely N-dealkylation sites (tertiary alicyclic amines) is 1. The number of nitrogens with zero attached hydrogens (tertiary/aromatic N) is 5. The lowest BCUT2D eigenvalue weighted by Crippen LogP contribution is -2.52. The average Bonchev–Trinajstić information content (AvgIpc) is 3.03. The van der Waals surface area contributed by atoms with E-state index in [1.54, 1.807) is 22.9 Å². The molecule has 2 aliphatic heterocycles. The zero-order chi connectivity index (χ0) is 19.5. The SMILES string of the molecule is C[C@H]1CCCCN1C(=O)CN1CCN(CCn2c(=O)oc3cccnc32)CC1. The van der Waals surface area contributed by atoms with Gasteiger partial charge in [-0.25, -0.2) is 9.78 Å². The number of rotatable bonds is 5. The number of carbonyl (C=O) groups excluding carboxylic acids is 1. The first kappa shape index (κ1) is 19.1. The summed E-state index contributed by atoms with van der Waals surface area (Å²) in [6.07, 6.45) is 5.15. The van der Waals surface area contributed by atoms with E-state index in [1.807, 2.05) is 0 Å². The number of hydrogen-bond acceptors (Lipinski definition) is 6. The first-order chi connectivity index (χ1) is 13.6. The zero-order valence-electron chi connectivity index (χ0n) is 16.5. The summed E-state index contributed by atoms with van der Waals surface area (Å²) < 4.78 is 6.84. The highest BCUT2D eigenvalue weighted by atomic mass is 16.4. The second kappa shape index (κ2) is 8.45. The number of oxazole rings is 1. The summed E-state index contributed by atoms with van der Waals surface area (Å²) in [5, 5.41) is 0. The lowest BCUT2D eigenvalue weighted by atomic mass is 10.0. The second-order valence-electron chi connectivity index (χ2n) is 7.89. The van der Waals surface area contributed by atoms with Crippen molar-refractivity contribution in [3.63, 3.8) is 0 Å². The molecular weight excluding hydrogens is 358 g/mol. The molecule has 1 atom stereocenters. The Hall–Kier alpha value is -2.19. The molecule has 0 bridgehead atoms. The minimum Gasteiger partial charge on any atom is -0.406 e. The van der Waals surface area contributed by atoms with Gasteiger partial charge in [0.1, 0.15) is 0 Å². The fourth-order valence-electron chi connectivity index (χ4n) is 4.26. The molecule has 28 heavy (non-hydrogen) atoms. The maximum Gasteiger partial charge on any atom is 0.421 e. The molecule has 0 aliphatic carbocycles. The van der Waals surface area contributed by atoms with Gasteiger partial charge in [0.05, 0.1) is 6.54 Å². The van der Waals surface area contributed by atoms with Gasteiger partial charge in [0.2, 0.25) is 5.91 Å². The van der Waals surface area contributed by atoms with E-state index in [4.69, 9.17) is 4.42 Å².